The van der Waals surface area contributed by atoms with E-state index in [1.54, 1.807) is 0 Å². The van der Waals surface area contributed by atoms with Crippen molar-refractivity contribution in [1.82, 2.24) is 9.80 Å². The number of carbonyl (C=O) groups is 2. The van der Waals surface area contributed by atoms with Gasteiger partial charge < -0.3 is 9.80 Å². The summed E-state index contributed by atoms with van der Waals surface area (Å²) in [5, 5.41) is 0. The molecule has 0 bridgehead atoms. The average Bonchev–Trinajstić information content (AvgIpc) is 3.31. The first-order chi connectivity index (χ1) is 12.2. The van der Waals surface area contributed by atoms with Crippen LogP contribution in [0.4, 0.5) is 0 Å². The minimum absolute atomic E-state index is 0.139. The van der Waals surface area contributed by atoms with Crippen LogP contribution in [0.2, 0.25) is 0 Å². The van der Waals surface area contributed by atoms with Gasteiger partial charge in [-0.05, 0) is 30.4 Å². The average molecular weight is 338 g/mol. The maximum Gasteiger partial charge on any atom is 0.228 e. The van der Waals surface area contributed by atoms with Gasteiger partial charge in [-0.15, -0.1) is 0 Å². The summed E-state index contributed by atoms with van der Waals surface area (Å²) in [6.07, 6.45) is 8.11. The van der Waals surface area contributed by atoms with Gasteiger partial charge in [0.15, 0.2) is 0 Å². The first-order valence-corrected chi connectivity index (χ1v) is 9.55. The van der Waals surface area contributed by atoms with Gasteiger partial charge in [0, 0.05) is 32.1 Å². The van der Waals surface area contributed by atoms with Crippen molar-refractivity contribution in [1.29, 1.82) is 0 Å². The molecular formula is C21H26N2O2. The predicted octanol–water partition coefficient (Wildman–Crippen LogP) is 3.09. The molecule has 1 aromatic rings. The summed E-state index contributed by atoms with van der Waals surface area (Å²) < 4.78 is 0. The molecule has 1 saturated carbocycles. The highest BCUT2D eigenvalue weighted by molar-refractivity contribution is 5.90. The molecule has 0 radical (unpaired) electrons. The molecule has 1 aromatic carbocycles. The molecule has 2 aliphatic heterocycles. The zero-order chi connectivity index (χ0) is 17.2. The molecule has 0 N–H and O–H groups in total. The van der Waals surface area contributed by atoms with E-state index >= 15 is 0 Å². The lowest BCUT2D eigenvalue weighted by Crippen LogP contribution is -2.40. The summed E-state index contributed by atoms with van der Waals surface area (Å²) in [7, 11) is 0. The maximum atomic E-state index is 12.9. The minimum Gasteiger partial charge on any atom is -0.339 e. The molecule has 2 heterocycles. The fourth-order valence-corrected chi connectivity index (χ4v) is 4.51. The number of hydrogen-bond acceptors (Lipinski definition) is 2. The summed E-state index contributed by atoms with van der Waals surface area (Å²) in [6.45, 7) is 2.05. The van der Waals surface area contributed by atoms with Crippen LogP contribution in [0.3, 0.4) is 0 Å². The second-order valence-electron chi connectivity index (χ2n) is 7.52. The van der Waals surface area contributed by atoms with Crippen molar-refractivity contribution in [2.45, 2.75) is 44.6 Å². The number of hydrogen-bond donors (Lipinski definition) is 0. The molecule has 132 valence electrons. The lowest BCUT2D eigenvalue weighted by atomic mass is 9.98. The third kappa shape index (κ3) is 3.35. The van der Waals surface area contributed by atoms with E-state index in [2.05, 4.69) is 30.3 Å². The molecule has 25 heavy (non-hydrogen) atoms. The Balaban J connectivity index is 1.38. The van der Waals surface area contributed by atoms with Crippen molar-refractivity contribution >= 4 is 17.4 Å². The molecular weight excluding hydrogens is 312 g/mol. The van der Waals surface area contributed by atoms with Gasteiger partial charge in [0.2, 0.25) is 11.8 Å². The van der Waals surface area contributed by atoms with Gasteiger partial charge in [-0.2, -0.15) is 0 Å². The number of benzene rings is 1. The smallest absolute Gasteiger partial charge is 0.228 e. The summed E-state index contributed by atoms with van der Waals surface area (Å²) in [4.78, 5) is 29.1. The zero-order valence-electron chi connectivity index (χ0n) is 14.7. The van der Waals surface area contributed by atoms with Crippen molar-refractivity contribution in [3.63, 3.8) is 0 Å². The van der Waals surface area contributed by atoms with Crippen LogP contribution >= 0.6 is 0 Å². The standard InChI is InChI=1S/C21H26N2O2/c24-20-14-18(15-23(20)19-8-4-5-9-19)21(25)22-12-10-17(11-13-22)16-6-2-1-3-7-16/h1-3,6-7,10,18-19H,4-5,8-9,11-15H2/t18-/m0/s1. The molecule has 4 heteroatoms. The summed E-state index contributed by atoms with van der Waals surface area (Å²) in [5.74, 6) is 0.208. The monoisotopic (exact) mass is 338 g/mol. The number of likely N-dealkylation sites (tertiary alicyclic amines) is 1. The molecule has 2 fully saturated rings. The predicted molar refractivity (Wildman–Crippen MR) is 97.7 cm³/mol. The fourth-order valence-electron chi connectivity index (χ4n) is 4.51. The van der Waals surface area contributed by atoms with Crippen LogP contribution in [0.5, 0.6) is 0 Å². The number of nitrogens with zero attached hydrogens (tertiary/aromatic N) is 2. The van der Waals surface area contributed by atoms with E-state index in [1.807, 2.05) is 15.9 Å². The first kappa shape index (κ1) is 16.4. The Morgan fingerprint density at radius 1 is 1.08 bits per heavy atom. The topological polar surface area (TPSA) is 40.6 Å². The van der Waals surface area contributed by atoms with Crippen LogP contribution in [-0.4, -0.2) is 47.3 Å². The van der Waals surface area contributed by atoms with Gasteiger partial charge >= 0.3 is 0 Å². The SMILES string of the molecule is O=C([C@H]1CC(=O)N(C2CCCC2)C1)N1CC=C(c2ccccc2)CC1. The third-order valence-corrected chi connectivity index (χ3v) is 5.94. The van der Waals surface area contributed by atoms with Crippen molar-refractivity contribution < 1.29 is 9.59 Å². The largest absolute Gasteiger partial charge is 0.339 e. The van der Waals surface area contributed by atoms with Crippen LogP contribution < -0.4 is 0 Å². The van der Waals surface area contributed by atoms with Gasteiger partial charge in [-0.1, -0.05) is 49.2 Å². The third-order valence-electron chi connectivity index (χ3n) is 5.94. The molecule has 0 spiro atoms. The maximum absolute atomic E-state index is 12.9. The number of carbonyl (C=O) groups excluding carboxylic acids is 2. The van der Waals surface area contributed by atoms with Gasteiger partial charge in [-0.3, -0.25) is 9.59 Å². The van der Waals surface area contributed by atoms with E-state index in [-0.39, 0.29) is 17.7 Å². The number of rotatable bonds is 3. The molecule has 1 saturated heterocycles. The highest BCUT2D eigenvalue weighted by atomic mass is 16.2. The van der Waals surface area contributed by atoms with E-state index in [9.17, 15) is 9.59 Å². The second kappa shape index (κ2) is 7.03. The van der Waals surface area contributed by atoms with E-state index in [4.69, 9.17) is 0 Å². The van der Waals surface area contributed by atoms with E-state index in [0.717, 1.165) is 25.8 Å². The Morgan fingerprint density at radius 3 is 2.52 bits per heavy atom. The molecule has 0 aromatic heterocycles. The van der Waals surface area contributed by atoms with Crippen LogP contribution in [0.15, 0.2) is 36.4 Å². The molecule has 1 atom stereocenters. The summed E-state index contributed by atoms with van der Waals surface area (Å²) in [5.41, 5.74) is 2.57. The van der Waals surface area contributed by atoms with Gasteiger partial charge in [0.25, 0.3) is 0 Å². The van der Waals surface area contributed by atoms with Gasteiger partial charge in [-0.25, -0.2) is 0 Å². The van der Waals surface area contributed by atoms with Crippen LogP contribution in [0.25, 0.3) is 5.57 Å². The Morgan fingerprint density at radius 2 is 1.84 bits per heavy atom. The molecule has 0 unspecified atom stereocenters. The van der Waals surface area contributed by atoms with Gasteiger partial charge in [0.1, 0.15) is 0 Å². The quantitative estimate of drug-likeness (QED) is 0.850. The van der Waals surface area contributed by atoms with Crippen LogP contribution in [0.1, 0.15) is 44.1 Å². The molecule has 3 aliphatic rings. The second-order valence-corrected chi connectivity index (χ2v) is 7.52. The minimum atomic E-state index is -0.139. The Bertz CT molecular complexity index is 676. The Kier molecular flexibility index (Phi) is 4.60. The van der Waals surface area contributed by atoms with Crippen molar-refractivity contribution in [3.05, 3.63) is 42.0 Å². The van der Waals surface area contributed by atoms with Crippen molar-refractivity contribution in [3.8, 4) is 0 Å². The summed E-state index contributed by atoms with van der Waals surface area (Å²) >= 11 is 0. The molecule has 4 nitrogen and oxygen atoms in total. The van der Waals surface area contributed by atoms with Gasteiger partial charge in [0.05, 0.1) is 5.92 Å². The van der Waals surface area contributed by atoms with Crippen LogP contribution in [-0.2, 0) is 9.59 Å². The fraction of sp³-hybridized carbons (Fsp3) is 0.524. The molecule has 4 rings (SSSR count). The van der Waals surface area contributed by atoms with E-state index in [1.165, 1.54) is 24.0 Å². The summed E-state index contributed by atoms with van der Waals surface area (Å²) in [6, 6.07) is 10.8. The molecule has 2 amide bonds. The lowest BCUT2D eigenvalue weighted by molar-refractivity contribution is -0.135. The highest BCUT2D eigenvalue weighted by Gasteiger charge is 2.40. The highest BCUT2D eigenvalue weighted by Crippen LogP contribution is 2.31. The van der Waals surface area contributed by atoms with Crippen molar-refractivity contribution in [2.24, 2.45) is 5.92 Å². The van der Waals surface area contributed by atoms with Crippen LogP contribution in [0, 0.1) is 5.92 Å². The zero-order valence-corrected chi connectivity index (χ0v) is 14.7. The van der Waals surface area contributed by atoms with E-state index < -0.39 is 0 Å². The van der Waals surface area contributed by atoms with Crippen molar-refractivity contribution in [2.75, 3.05) is 19.6 Å². The molecule has 1 aliphatic carbocycles. The number of amides is 2. The first-order valence-electron chi connectivity index (χ1n) is 9.55. The Labute approximate surface area is 149 Å². The normalized spacial score (nSPS) is 24.7. The lowest BCUT2D eigenvalue weighted by Gasteiger charge is -2.29. The Hall–Kier alpha value is -2.10. The van der Waals surface area contributed by atoms with E-state index in [0.29, 0.717) is 25.6 Å².